The molecule has 0 saturated carbocycles. The summed E-state index contributed by atoms with van der Waals surface area (Å²) in [6, 6.07) is 6.06. The number of hydrogen-bond donors (Lipinski definition) is 1. The van der Waals surface area contributed by atoms with Crippen LogP contribution < -0.4 is 0 Å². The summed E-state index contributed by atoms with van der Waals surface area (Å²) in [5.74, 6) is -0.226. The van der Waals surface area contributed by atoms with E-state index in [0.29, 0.717) is 17.9 Å². The number of carbonyl (C=O) groups excluding carboxylic acids is 1. The van der Waals surface area contributed by atoms with E-state index in [4.69, 9.17) is 11.6 Å². The van der Waals surface area contributed by atoms with Gasteiger partial charge in [-0.1, -0.05) is 23.2 Å². The molecule has 2 rings (SSSR count). The van der Waals surface area contributed by atoms with Crippen molar-refractivity contribution >= 4 is 28.5 Å². The van der Waals surface area contributed by atoms with Gasteiger partial charge in [-0.15, -0.1) is 0 Å². The molecule has 0 aliphatic carbocycles. The molecule has 0 atom stereocenters. The monoisotopic (exact) mass is 251 g/mol. The number of H-pyrrole nitrogens is 1. The quantitative estimate of drug-likeness (QED) is 0.851. The highest BCUT2D eigenvalue weighted by Crippen LogP contribution is 2.28. The summed E-state index contributed by atoms with van der Waals surface area (Å²) in [6.07, 6.45) is 0.904. The van der Waals surface area contributed by atoms with Crippen LogP contribution in [0.1, 0.15) is 17.7 Å². The van der Waals surface area contributed by atoms with Gasteiger partial charge >= 0.3 is 5.97 Å². The van der Waals surface area contributed by atoms with Crippen LogP contribution in [0.2, 0.25) is 5.02 Å². The third kappa shape index (κ3) is 2.44. The average Bonchev–Trinajstić information content (AvgIpc) is 2.63. The van der Waals surface area contributed by atoms with Crippen LogP contribution in [-0.2, 0) is 16.0 Å². The van der Waals surface area contributed by atoms with E-state index in [2.05, 4.69) is 9.72 Å². The summed E-state index contributed by atoms with van der Waals surface area (Å²) in [6.45, 7) is 2.02. The molecule has 1 aromatic carbocycles. The third-order valence-electron chi connectivity index (χ3n) is 2.77. The van der Waals surface area contributed by atoms with Gasteiger partial charge in [0.1, 0.15) is 0 Å². The molecular formula is C13H14ClNO2. The van der Waals surface area contributed by atoms with E-state index in [-0.39, 0.29) is 5.97 Å². The number of benzene rings is 1. The lowest BCUT2D eigenvalue weighted by molar-refractivity contribution is -0.140. The molecule has 0 bridgehead atoms. The number of methoxy groups -OCH3 is 1. The number of aromatic nitrogens is 1. The van der Waals surface area contributed by atoms with Crippen LogP contribution in [0.15, 0.2) is 18.2 Å². The van der Waals surface area contributed by atoms with Crippen molar-refractivity contribution in [1.29, 1.82) is 0 Å². The molecule has 0 aliphatic heterocycles. The van der Waals surface area contributed by atoms with E-state index in [9.17, 15) is 4.79 Å². The zero-order valence-corrected chi connectivity index (χ0v) is 10.6. The number of nitrogens with one attached hydrogen (secondary N) is 1. The van der Waals surface area contributed by atoms with Crippen LogP contribution in [-0.4, -0.2) is 18.1 Å². The Morgan fingerprint density at radius 2 is 2.24 bits per heavy atom. The lowest BCUT2D eigenvalue weighted by atomic mass is 10.1. The number of halogens is 1. The molecule has 0 amide bonds. The second-order valence-corrected chi connectivity index (χ2v) is 4.42. The molecule has 17 heavy (non-hydrogen) atoms. The van der Waals surface area contributed by atoms with Gasteiger partial charge in [0.25, 0.3) is 0 Å². The molecule has 2 aromatic rings. The minimum Gasteiger partial charge on any atom is -0.469 e. The lowest BCUT2D eigenvalue weighted by Gasteiger charge is -1.98. The van der Waals surface area contributed by atoms with Gasteiger partial charge in [0.05, 0.1) is 18.6 Å². The normalized spacial score (nSPS) is 10.8. The van der Waals surface area contributed by atoms with E-state index in [1.54, 1.807) is 0 Å². The minimum absolute atomic E-state index is 0.226. The summed E-state index contributed by atoms with van der Waals surface area (Å²) in [5.41, 5.74) is 3.05. The molecule has 3 nitrogen and oxygen atoms in total. The number of aryl methyl sites for hydroxylation is 2. The van der Waals surface area contributed by atoms with E-state index in [0.717, 1.165) is 22.2 Å². The van der Waals surface area contributed by atoms with Gasteiger partial charge in [0.15, 0.2) is 0 Å². The number of esters is 1. The van der Waals surface area contributed by atoms with Crippen molar-refractivity contribution in [3.05, 3.63) is 34.5 Å². The van der Waals surface area contributed by atoms with Gasteiger partial charge in [-0.05, 0) is 25.5 Å². The highest BCUT2D eigenvalue weighted by molar-refractivity contribution is 6.36. The summed E-state index contributed by atoms with van der Waals surface area (Å²) in [5, 5.41) is 1.71. The van der Waals surface area contributed by atoms with E-state index in [1.165, 1.54) is 7.11 Å². The van der Waals surface area contributed by atoms with Crippen molar-refractivity contribution in [2.75, 3.05) is 7.11 Å². The number of hydrogen-bond acceptors (Lipinski definition) is 2. The molecular weight excluding hydrogens is 238 g/mol. The van der Waals surface area contributed by atoms with Crippen LogP contribution >= 0.6 is 11.6 Å². The Kier molecular flexibility index (Phi) is 3.38. The van der Waals surface area contributed by atoms with E-state index >= 15 is 0 Å². The maximum Gasteiger partial charge on any atom is 0.305 e. The predicted octanol–water partition coefficient (Wildman–Crippen LogP) is 3.24. The fourth-order valence-corrected chi connectivity index (χ4v) is 2.13. The molecule has 90 valence electrons. The number of rotatable bonds is 3. The Morgan fingerprint density at radius 1 is 1.47 bits per heavy atom. The third-order valence-corrected chi connectivity index (χ3v) is 3.20. The molecule has 1 aromatic heterocycles. The van der Waals surface area contributed by atoms with Crippen molar-refractivity contribution in [1.82, 2.24) is 4.98 Å². The van der Waals surface area contributed by atoms with Gasteiger partial charge < -0.3 is 9.72 Å². The molecule has 1 N–H and O–H groups in total. The summed E-state index contributed by atoms with van der Waals surface area (Å²) in [4.78, 5) is 14.3. The molecule has 0 unspecified atom stereocenters. The fourth-order valence-electron chi connectivity index (χ4n) is 1.83. The Bertz CT molecular complexity index is 560. The van der Waals surface area contributed by atoms with Gasteiger partial charge in [-0.3, -0.25) is 4.79 Å². The standard InChI is InChI=1S/C13H14ClNO2/c1-8-3-4-10-9(7-8)13(14)11(15-10)5-6-12(16)17-2/h3-4,7,15H,5-6H2,1-2H3. The smallest absolute Gasteiger partial charge is 0.305 e. The van der Waals surface area contributed by atoms with Crippen molar-refractivity contribution in [2.24, 2.45) is 0 Å². The van der Waals surface area contributed by atoms with Gasteiger partial charge in [-0.25, -0.2) is 0 Å². The molecule has 0 saturated heterocycles. The van der Waals surface area contributed by atoms with E-state index < -0.39 is 0 Å². The van der Waals surface area contributed by atoms with Crippen LogP contribution in [0.25, 0.3) is 10.9 Å². The average molecular weight is 252 g/mol. The molecule has 1 heterocycles. The first kappa shape index (κ1) is 12.0. The molecule has 0 radical (unpaired) electrons. The molecule has 0 spiro atoms. The number of fused-ring (bicyclic) bond motifs is 1. The summed E-state index contributed by atoms with van der Waals surface area (Å²) >= 11 is 6.27. The van der Waals surface area contributed by atoms with Crippen LogP contribution in [0.4, 0.5) is 0 Å². The zero-order chi connectivity index (χ0) is 12.4. The first-order valence-electron chi connectivity index (χ1n) is 5.45. The van der Waals surface area contributed by atoms with Crippen LogP contribution in [0, 0.1) is 6.92 Å². The maximum absolute atomic E-state index is 11.1. The zero-order valence-electron chi connectivity index (χ0n) is 9.84. The topological polar surface area (TPSA) is 42.1 Å². The highest BCUT2D eigenvalue weighted by Gasteiger charge is 2.11. The second-order valence-electron chi connectivity index (χ2n) is 4.04. The molecule has 0 aliphatic rings. The Balaban J connectivity index is 2.29. The fraction of sp³-hybridized carbons (Fsp3) is 0.308. The largest absolute Gasteiger partial charge is 0.469 e. The number of carbonyl (C=O) groups is 1. The van der Waals surface area contributed by atoms with E-state index in [1.807, 2.05) is 25.1 Å². The predicted molar refractivity (Wildman–Crippen MR) is 68.4 cm³/mol. The van der Waals surface area contributed by atoms with Crippen molar-refractivity contribution in [3.63, 3.8) is 0 Å². The highest BCUT2D eigenvalue weighted by atomic mass is 35.5. The molecule has 4 heteroatoms. The van der Waals surface area contributed by atoms with Crippen molar-refractivity contribution in [3.8, 4) is 0 Å². The van der Waals surface area contributed by atoms with Crippen LogP contribution in [0.3, 0.4) is 0 Å². The first-order valence-corrected chi connectivity index (χ1v) is 5.83. The van der Waals surface area contributed by atoms with Gasteiger partial charge in [0.2, 0.25) is 0 Å². The molecule has 0 fully saturated rings. The second kappa shape index (κ2) is 4.80. The number of aromatic amines is 1. The Hall–Kier alpha value is -1.48. The summed E-state index contributed by atoms with van der Waals surface area (Å²) < 4.78 is 4.61. The van der Waals surface area contributed by atoms with Gasteiger partial charge in [-0.2, -0.15) is 0 Å². The first-order chi connectivity index (χ1) is 8.11. The van der Waals surface area contributed by atoms with Crippen molar-refractivity contribution < 1.29 is 9.53 Å². The Morgan fingerprint density at radius 3 is 2.94 bits per heavy atom. The van der Waals surface area contributed by atoms with Gasteiger partial charge in [0, 0.05) is 16.6 Å². The lowest BCUT2D eigenvalue weighted by Crippen LogP contribution is -2.02. The van der Waals surface area contributed by atoms with Crippen LogP contribution in [0.5, 0.6) is 0 Å². The maximum atomic E-state index is 11.1. The van der Waals surface area contributed by atoms with Crippen molar-refractivity contribution in [2.45, 2.75) is 19.8 Å². The summed E-state index contributed by atoms with van der Waals surface area (Å²) in [7, 11) is 1.39. The minimum atomic E-state index is -0.226. The Labute approximate surface area is 105 Å². The SMILES string of the molecule is COC(=O)CCc1[nH]c2ccc(C)cc2c1Cl. The number of ether oxygens (including phenoxy) is 1.